The quantitative estimate of drug-likeness (QED) is 0.808. The van der Waals surface area contributed by atoms with E-state index in [1.54, 1.807) is 6.33 Å². The van der Waals surface area contributed by atoms with Crippen LogP contribution in [0.1, 0.15) is 32.1 Å². The molecule has 4 heterocycles. The lowest BCUT2D eigenvalue weighted by molar-refractivity contribution is -0.135. The number of carbonyl (C=O) groups excluding carboxylic acids is 1. The van der Waals surface area contributed by atoms with Crippen molar-refractivity contribution in [1.82, 2.24) is 14.9 Å². The number of amides is 1. The van der Waals surface area contributed by atoms with E-state index < -0.39 is 0 Å². The Morgan fingerprint density at radius 3 is 2.15 bits per heavy atom. The van der Waals surface area contributed by atoms with E-state index >= 15 is 0 Å². The molecule has 0 spiro atoms. The van der Waals surface area contributed by atoms with Crippen LogP contribution in [0.2, 0.25) is 0 Å². The number of anilines is 2. The molecular weight excluding hydrogens is 346 g/mol. The summed E-state index contributed by atoms with van der Waals surface area (Å²) in [5.74, 6) is 4.81. The first-order valence-electron chi connectivity index (χ1n) is 10.00. The smallest absolute Gasteiger partial charge is 0.225 e. The summed E-state index contributed by atoms with van der Waals surface area (Å²) in [4.78, 5) is 28.5. The van der Waals surface area contributed by atoms with Crippen molar-refractivity contribution in [2.45, 2.75) is 32.1 Å². The molecule has 0 N–H and O–H groups in total. The molecule has 0 aromatic carbocycles. The van der Waals surface area contributed by atoms with Crippen LogP contribution in [0.3, 0.4) is 0 Å². The highest BCUT2D eigenvalue weighted by molar-refractivity contribution is 7.99. The maximum atomic E-state index is 12.7. The number of rotatable bonds is 3. The van der Waals surface area contributed by atoms with Crippen LogP contribution >= 0.6 is 11.8 Å². The Kier molecular flexibility index (Phi) is 5.82. The maximum Gasteiger partial charge on any atom is 0.225 e. The summed E-state index contributed by atoms with van der Waals surface area (Å²) >= 11 is 1.95. The lowest BCUT2D eigenvalue weighted by Crippen LogP contribution is -2.45. The van der Waals surface area contributed by atoms with Gasteiger partial charge in [-0.3, -0.25) is 4.79 Å². The third kappa shape index (κ3) is 4.08. The molecule has 4 rings (SSSR count). The SMILES string of the molecule is O=C(C1CCN(c2cc(N3CCCCC3)ncn2)CC1)N1CCSCC1. The largest absolute Gasteiger partial charge is 0.356 e. The van der Waals surface area contributed by atoms with Gasteiger partial charge >= 0.3 is 0 Å². The number of thioether (sulfide) groups is 1. The summed E-state index contributed by atoms with van der Waals surface area (Å²) in [6.45, 7) is 5.87. The van der Waals surface area contributed by atoms with E-state index in [9.17, 15) is 4.79 Å². The standard InChI is InChI=1S/C19H29N5OS/c25-19(24-10-12-26-13-11-24)16-4-8-23(9-5-16)18-14-17(20-15-21-18)22-6-2-1-3-7-22/h14-16H,1-13H2. The van der Waals surface area contributed by atoms with E-state index in [0.717, 1.165) is 75.3 Å². The Hall–Kier alpha value is -1.50. The van der Waals surface area contributed by atoms with Crippen LogP contribution in [0.5, 0.6) is 0 Å². The van der Waals surface area contributed by atoms with Gasteiger partial charge in [0.15, 0.2) is 0 Å². The summed E-state index contributed by atoms with van der Waals surface area (Å²) in [7, 11) is 0. The molecule has 7 heteroatoms. The van der Waals surface area contributed by atoms with Crippen LogP contribution in [0.4, 0.5) is 11.6 Å². The van der Waals surface area contributed by atoms with Gasteiger partial charge < -0.3 is 14.7 Å². The topological polar surface area (TPSA) is 52.6 Å². The van der Waals surface area contributed by atoms with Gasteiger partial charge in [0, 0.05) is 62.8 Å². The van der Waals surface area contributed by atoms with E-state index in [0.29, 0.717) is 5.91 Å². The molecule has 1 amide bonds. The second-order valence-corrected chi connectivity index (χ2v) is 8.71. The average Bonchev–Trinajstić information content (AvgIpc) is 2.75. The molecule has 0 radical (unpaired) electrons. The zero-order valence-electron chi connectivity index (χ0n) is 15.5. The Morgan fingerprint density at radius 1 is 0.885 bits per heavy atom. The van der Waals surface area contributed by atoms with Gasteiger partial charge in [-0.1, -0.05) is 0 Å². The minimum absolute atomic E-state index is 0.192. The third-order valence-electron chi connectivity index (χ3n) is 5.81. The van der Waals surface area contributed by atoms with Crippen molar-refractivity contribution in [3.8, 4) is 0 Å². The van der Waals surface area contributed by atoms with Crippen LogP contribution in [-0.4, -0.2) is 71.5 Å². The van der Waals surface area contributed by atoms with Gasteiger partial charge in [-0.2, -0.15) is 11.8 Å². The van der Waals surface area contributed by atoms with Crippen molar-refractivity contribution in [3.05, 3.63) is 12.4 Å². The van der Waals surface area contributed by atoms with Crippen molar-refractivity contribution in [3.63, 3.8) is 0 Å². The molecule has 26 heavy (non-hydrogen) atoms. The second-order valence-electron chi connectivity index (χ2n) is 7.48. The van der Waals surface area contributed by atoms with E-state index in [4.69, 9.17) is 0 Å². The third-order valence-corrected chi connectivity index (χ3v) is 6.75. The molecule has 3 aliphatic heterocycles. The van der Waals surface area contributed by atoms with E-state index in [1.807, 2.05) is 11.8 Å². The molecule has 0 atom stereocenters. The Morgan fingerprint density at radius 2 is 1.50 bits per heavy atom. The monoisotopic (exact) mass is 375 g/mol. The molecular formula is C19H29N5OS. The number of carbonyl (C=O) groups is 1. The van der Waals surface area contributed by atoms with E-state index in [2.05, 4.69) is 30.7 Å². The predicted octanol–water partition coefficient (Wildman–Crippen LogP) is 2.26. The number of piperidine rings is 2. The molecule has 3 aliphatic rings. The lowest BCUT2D eigenvalue weighted by Gasteiger charge is -2.36. The van der Waals surface area contributed by atoms with E-state index in [1.165, 1.54) is 19.3 Å². The molecule has 0 unspecified atom stereocenters. The number of nitrogens with zero attached hydrogens (tertiary/aromatic N) is 5. The summed E-state index contributed by atoms with van der Waals surface area (Å²) in [6, 6.07) is 2.13. The van der Waals surface area contributed by atoms with Gasteiger partial charge in [-0.25, -0.2) is 9.97 Å². The number of hydrogen-bond donors (Lipinski definition) is 0. The average molecular weight is 376 g/mol. The van der Waals surface area contributed by atoms with Gasteiger partial charge in [-0.05, 0) is 32.1 Å². The predicted molar refractivity (Wildman–Crippen MR) is 107 cm³/mol. The van der Waals surface area contributed by atoms with Crippen molar-refractivity contribution >= 4 is 29.3 Å². The molecule has 3 saturated heterocycles. The summed E-state index contributed by atoms with van der Waals surface area (Å²) in [5, 5.41) is 0. The highest BCUT2D eigenvalue weighted by Crippen LogP contribution is 2.26. The van der Waals surface area contributed by atoms with Gasteiger partial charge in [0.1, 0.15) is 18.0 Å². The van der Waals surface area contributed by atoms with Crippen LogP contribution in [0, 0.1) is 5.92 Å². The highest BCUT2D eigenvalue weighted by atomic mass is 32.2. The Bertz CT molecular complexity index is 608. The molecule has 6 nitrogen and oxygen atoms in total. The van der Waals surface area contributed by atoms with Crippen molar-refractivity contribution in [2.24, 2.45) is 5.92 Å². The summed E-state index contributed by atoms with van der Waals surface area (Å²) < 4.78 is 0. The minimum atomic E-state index is 0.192. The van der Waals surface area contributed by atoms with Crippen molar-refractivity contribution in [2.75, 3.05) is 60.6 Å². The Labute approximate surface area is 160 Å². The molecule has 0 saturated carbocycles. The lowest BCUT2D eigenvalue weighted by atomic mass is 9.95. The first-order chi connectivity index (χ1) is 12.8. The molecule has 3 fully saturated rings. The molecule has 0 aliphatic carbocycles. The number of hydrogen-bond acceptors (Lipinski definition) is 6. The molecule has 1 aromatic heterocycles. The fraction of sp³-hybridized carbons (Fsp3) is 0.737. The second kappa shape index (κ2) is 8.46. The minimum Gasteiger partial charge on any atom is -0.356 e. The fourth-order valence-corrected chi connectivity index (χ4v) is 5.11. The van der Waals surface area contributed by atoms with E-state index in [-0.39, 0.29) is 5.92 Å². The van der Waals surface area contributed by atoms with Crippen molar-refractivity contribution < 1.29 is 4.79 Å². The van der Waals surface area contributed by atoms with Crippen LogP contribution in [0.25, 0.3) is 0 Å². The zero-order valence-corrected chi connectivity index (χ0v) is 16.3. The number of aromatic nitrogens is 2. The normalized spacial score (nSPS) is 22.5. The van der Waals surface area contributed by atoms with Gasteiger partial charge in [0.05, 0.1) is 0 Å². The summed E-state index contributed by atoms with van der Waals surface area (Å²) in [6.07, 6.45) is 7.40. The first-order valence-corrected chi connectivity index (χ1v) is 11.2. The first kappa shape index (κ1) is 17.9. The van der Waals surface area contributed by atoms with Crippen LogP contribution < -0.4 is 9.80 Å². The van der Waals surface area contributed by atoms with Gasteiger partial charge in [0.25, 0.3) is 0 Å². The van der Waals surface area contributed by atoms with Crippen molar-refractivity contribution in [1.29, 1.82) is 0 Å². The molecule has 0 bridgehead atoms. The Balaban J connectivity index is 1.35. The van der Waals surface area contributed by atoms with Gasteiger partial charge in [0.2, 0.25) is 5.91 Å². The summed E-state index contributed by atoms with van der Waals surface area (Å²) in [5.41, 5.74) is 0. The fourth-order valence-electron chi connectivity index (χ4n) is 4.20. The maximum absolute atomic E-state index is 12.7. The zero-order chi connectivity index (χ0) is 17.8. The van der Waals surface area contributed by atoms with Crippen LogP contribution in [0.15, 0.2) is 12.4 Å². The highest BCUT2D eigenvalue weighted by Gasteiger charge is 2.30. The van der Waals surface area contributed by atoms with Crippen LogP contribution in [-0.2, 0) is 4.79 Å². The van der Waals surface area contributed by atoms with Gasteiger partial charge in [-0.15, -0.1) is 0 Å². The molecule has 1 aromatic rings. The molecule has 142 valence electrons.